The molecule has 0 radical (unpaired) electrons. The third-order valence-electron chi connectivity index (χ3n) is 4.89. The van der Waals surface area contributed by atoms with Gasteiger partial charge in [-0.1, -0.05) is 53.6 Å². The summed E-state index contributed by atoms with van der Waals surface area (Å²) in [5.41, 5.74) is 8.63. The third-order valence-corrected chi connectivity index (χ3v) is 5.22. The zero-order valence-electron chi connectivity index (χ0n) is 18.7. The summed E-state index contributed by atoms with van der Waals surface area (Å²) in [7, 11) is 1.37. The Bertz CT molecular complexity index is 1210. The summed E-state index contributed by atoms with van der Waals surface area (Å²) in [4.78, 5) is 37.5. The van der Waals surface area contributed by atoms with Crippen LogP contribution < -0.4 is 21.1 Å². The molecular formula is C25H24ClN3O5. The summed E-state index contributed by atoms with van der Waals surface area (Å²) in [5, 5.41) is 5.58. The van der Waals surface area contributed by atoms with Crippen molar-refractivity contribution in [2.45, 2.75) is 13.5 Å². The van der Waals surface area contributed by atoms with Crippen molar-refractivity contribution >= 4 is 40.8 Å². The molecule has 3 aromatic carbocycles. The number of para-hydroxylation sites is 1. The van der Waals surface area contributed by atoms with E-state index in [1.807, 2.05) is 31.2 Å². The molecule has 176 valence electrons. The number of nitrogen functional groups attached to an aromatic ring is 1. The average molecular weight is 482 g/mol. The lowest BCUT2D eigenvalue weighted by Crippen LogP contribution is -2.26. The van der Waals surface area contributed by atoms with Crippen molar-refractivity contribution in [3.8, 4) is 5.75 Å². The zero-order chi connectivity index (χ0) is 24.7. The number of hydrogen-bond acceptors (Lipinski definition) is 6. The van der Waals surface area contributed by atoms with E-state index >= 15 is 0 Å². The van der Waals surface area contributed by atoms with E-state index in [1.165, 1.54) is 19.2 Å². The monoisotopic (exact) mass is 481 g/mol. The molecule has 4 N–H and O–H groups in total. The van der Waals surface area contributed by atoms with Crippen LogP contribution in [-0.4, -0.2) is 31.5 Å². The molecule has 0 heterocycles. The number of ether oxygens (including phenoxy) is 2. The number of esters is 1. The SMILES string of the molecule is COc1cc(N)c(Cl)cc1C(=O)OCC(=O)Nc1ccccc1C(=O)NCc1ccc(C)cc1. The molecular weight excluding hydrogens is 458 g/mol. The van der Waals surface area contributed by atoms with Gasteiger partial charge in [-0.25, -0.2) is 4.79 Å². The number of hydrogen-bond donors (Lipinski definition) is 3. The quantitative estimate of drug-likeness (QED) is 0.331. The predicted molar refractivity (Wildman–Crippen MR) is 130 cm³/mol. The Morgan fingerprint density at radius 1 is 1.00 bits per heavy atom. The van der Waals surface area contributed by atoms with E-state index in [9.17, 15) is 14.4 Å². The van der Waals surface area contributed by atoms with Gasteiger partial charge in [0.15, 0.2) is 6.61 Å². The summed E-state index contributed by atoms with van der Waals surface area (Å²) >= 11 is 5.97. The van der Waals surface area contributed by atoms with Crippen molar-refractivity contribution in [1.82, 2.24) is 5.32 Å². The lowest BCUT2D eigenvalue weighted by Gasteiger charge is -2.13. The van der Waals surface area contributed by atoms with Crippen LogP contribution in [0.1, 0.15) is 31.8 Å². The summed E-state index contributed by atoms with van der Waals surface area (Å²) in [5.74, 6) is -1.61. The minimum Gasteiger partial charge on any atom is -0.496 e. The van der Waals surface area contributed by atoms with Gasteiger partial charge in [-0.3, -0.25) is 9.59 Å². The van der Waals surface area contributed by atoms with E-state index in [0.29, 0.717) is 6.54 Å². The van der Waals surface area contributed by atoms with E-state index in [-0.39, 0.29) is 39.2 Å². The Kier molecular flexibility index (Phi) is 8.10. The summed E-state index contributed by atoms with van der Waals surface area (Å²) in [6.45, 7) is 1.74. The van der Waals surface area contributed by atoms with Crippen LogP contribution in [0.2, 0.25) is 5.02 Å². The summed E-state index contributed by atoms with van der Waals surface area (Å²) < 4.78 is 10.2. The van der Waals surface area contributed by atoms with E-state index < -0.39 is 18.5 Å². The molecule has 0 spiro atoms. The van der Waals surface area contributed by atoms with Crippen LogP contribution in [0.5, 0.6) is 5.75 Å². The van der Waals surface area contributed by atoms with Gasteiger partial charge in [-0.2, -0.15) is 0 Å². The molecule has 0 saturated heterocycles. The molecule has 2 amide bonds. The van der Waals surface area contributed by atoms with Crippen LogP contribution >= 0.6 is 11.6 Å². The lowest BCUT2D eigenvalue weighted by molar-refractivity contribution is -0.119. The smallest absolute Gasteiger partial charge is 0.342 e. The highest BCUT2D eigenvalue weighted by molar-refractivity contribution is 6.33. The Hall–Kier alpha value is -4.04. The molecule has 0 saturated carbocycles. The van der Waals surface area contributed by atoms with Crippen LogP contribution in [0, 0.1) is 6.92 Å². The predicted octanol–water partition coefficient (Wildman–Crippen LogP) is 3.96. The Balaban J connectivity index is 1.61. The second kappa shape index (κ2) is 11.2. The molecule has 0 aliphatic heterocycles. The fraction of sp³-hybridized carbons (Fsp3) is 0.160. The van der Waals surface area contributed by atoms with Crippen molar-refractivity contribution < 1.29 is 23.9 Å². The number of halogens is 1. The van der Waals surface area contributed by atoms with Crippen LogP contribution in [0.25, 0.3) is 0 Å². The van der Waals surface area contributed by atoms with Crippen molar-refractivity contribution in [3.05, 3.63) is 87.9 Å². The Morgan fingerprint density at radius 2 is 1.71 bits per heavy atom. The molecule has 0 aliphatic carbocycles. The topological polar surface area (TPSA) is 120 Å². The van der Waals surface area contributed by atoms with Gasteiger partial charge in [-0.15, -0.1) is 0 Å². The molecule has 0 bridgehead atoms. The van der Waals surface area contributed by atoms with Gasteiger partial charge >= 0.3 is 5.97 Å². The van der Waals surface area contributed by atoms with E-state index in [2.05, 4.69) is 10.6 Å². The van der Waals surface area contributed by atoms with Gasteiger partial charge in [0.1, 0.15) is 11.3 Å². The fourth-order valence-corrected chi connectivity index (χ4v) is 3.23. The van der Waals surface area contributed by atoms with Gasteiger partial charge in [0, 0.05) is 12.6 Å². The van der Waals surface area contributed by atoms with Gasteiger partial charge in [0.25, 0.3) is 11.8 Å². The van der Waals surface area contributed by atoms with Crippen molar-refractivity contribution in [2.24, 2.45) is 0 Å². The van der Waals surface area contributed by atoms with Gasteiger partial charge < -0.3 is 25.8 Å². The second-order valence-electron chi connectivity index (χ2n) is 7.41. The average Bonchev–Trinajstić information content (AvgIpc) is 2.83. The number of nitrogens with one attached hydrogen (secondary N) is 2. The maximum atomic E-state index is 12.7. The third kappa shape index (κ3) is 6.26. The Morgan fingerprint density at radius 3 is 2.41 bits per heavy atom. The number of carbonyl (C=O) groups is 3. The second-order valence-corrected chi connectivity index (χ2v) is 7.82. The molecule has 0 fully saturated rings. The first kappa shape index (κ1) is 24.6. The minimum atomic E-state index is -0.807. The lowest BCUT2D eigenvalue weighted by atomic mass is 10.1. The van der Waals surface area contributed by atoms with E-state index in [1.54, 1.807) is 24.3 Å². The number of methoxy groups -OCH3 is 1. The van der Waals surface area contributed by atoms with Gasteiger partial charge in [-0.05, 0) is 30.7 Å². The first-order valence-corrected chi connectivity index (χ1v) is 10.7. The molecule has 0 aliphatic rings. The minimum absolute atomic E-state index is 0.0328. The number of carbonyl (C=O) groups excluding carboxylic acids is 3. The molecule has 0 aromatic heterocycles. The molecule has 34 heavy (non-hydrogen) atoms. The van der Waals surface area contributed by atoms with E-state index in [4.69, 9.17) is 26.8 Å². The maximum Gasteiger partial charge on any atom is 0.342 e. The van der Waals surface area contributed by atoms with Crippen molar-refractivity contribution in [3.63, 3.8) is 0 Å². The van der Waals surface area contributed by atoms with Gasteiger partial charge in [0.2, 0.25) is 0 Å². The largest absolute Gasteiger partial charge is 0.496 e. The number of nitrogens with two attached hydrogens (primary N) is 1. The molecule has 3 aromatic rings. The number of aryl methyl sites for hydroxylation is 1. The summed E-state index contributed by atoms with van der Waals surface area (Å²) in [6, 6.07) is 17.0. The number of anilines is 2. The highest BCUT2D eigenvalue weighted by Gasteiger charge is 2.19. The van der Waals surface area contributed by atoms with Crippen LogP contribution in [0.3, 0.4) is 0 Å². The van der Waals surface area contributed by atoms with E-state index in [0.717, 1.165) is 11.1 Å². The maximum absolute atomic E-state index is 12.7. The summed E-state index contributed by atoms with van der Waals surface area (Å²) in [6.07, 6.45) is 0. The molecule has 9 heteroatoms. The van der Waals surface area contributed by atoms with Crippen molar-refractivity contribution in [2.75, 3.05) is 24.8 Å². The highest BCUT2D eigenvalue weighted by Crippen LogP contribution is 2.29. The van der Waals surface area contributed by atoms with Gasteiger partial charge in [0.05, 0.1) is 29.1 Å². The van der Waals surface area contributed by atoms with Crippen molar-refractivity contribution in [1.29, 1.82) is 0 Å². The molecule has 3 rings (SSSR count). The van der Waals surface area contributed by atoms with Crippen LogP contribution in [0.15, 0.2) is 60.7 Å². The first-order valence-electron chi connectivity index (χ1n) is 10.3. The molecule has 8 nitrogen and oxygen atoms in total. The fourth-order valence-electron chi connectivity index (χ4n) is 3.07. The standard InChI is InChI=1S/C25H24ClN3O5/c1-15-7-9-16(10-8-15)13-28-24(31)17-5-3-4-6-21(17)29-23(30)14-34-25(32)18-11-19(26)20(27)12-22(18)33-2/h3-12H,13-14,27H2,1-2H3,(H,28,31)(H,29,30). The van der Waals surface area contributed by atoms with Crippen LogP contribution in [0.4, 0.5) is 11.4 Å². The van der Waals surface area contributed by atoms with Crippen LogP contribution in [-0.2, 0) is 16.1 Å². The zero-order valence-corrected chi connectivity index (χ0v) is 19.4. The first-order chi connectivity index (χ1) is 16.3. The highest BCUT2D eigenvalue weighted by atomic mass is 35.5. The number of benzene rings is 3. The number of rotatable bonds is 8. The molecule has 0 unspecified atom stereocenters. The normalized spacial score (nSPS) is 10.3. The Labute approximate surface area is 202 Å². The number of amides is 2. The molecule has 0 atom stereocenters.